The molecular weight excluding hydrogens is 304 g/mol. The van der Waals surface area contributed by atoms with Crippen molar-refractivity contribution in [1.82, 2.24) is 0 Å². The van der Waals surface area contributed by atoms with Crippen LogP contribution in [0.5, 0.6) is 0 Å². The minimum Gasteiger partial charge on any atom is -0.399 e. The van der Waals surface area contributed by atoms with Crippen molar-refractivity contribution in [1.29, 1.82) is 0 Å². The highest BCUT2D eigenvalue weighted by atomic mass is 35.5. The van der Waals surface area contributed by atoms with Crippen LogP contribution in [0.1, 0.15) is 12.5 Å². The number of benzene rings is 2. The predicted octanol–water partition coefficient (Wildman–Crippen LogP) is 4.35. The van der Waals surface area contributed by atoms with Gasteiger partial charge in [0.1, 0.15) is 0 Å². The number of amides is 1. The van der Waals surface area contributed by atoms with Gasteiger partial charge >= 0.3 is 0 Å². The summed E-state index contributed by atoms with van der Waals surface area (Å²) in [6, 6.07) is 12.9. The van der Waals surface area contributed by atoms with Gasteiger partial charge < -0.3 is 11.1 Å². The van der Waals surface area contributed by atoms with Crippen molar-refractivity contribution in [2.75, 3.05) is 11.1 Å². The summed E-state index contributed by atoms with van der Waals surface area (Å²) in [5.41, 5.74) is 8.11. The number of nitrogen functional groups attached to an aromatic ring is 1. The molecule has 5 heteroatoms. The third kappa shape index (κ3) is 4.41. The molecule has 110 valence electrons. The summed E-state index contributed by atoms with van der Waals surface area (Å²) in [7, 11) is 0. The summed E-state index contributed by atoms with van der Waals surface area (Å²) in [5.74, 6) is -0.0614. The summed E-state index contributed by atoms with van der Waals surface area (Å²) >= 11 is 7.42. The summed E-state index contributed by atoms with van der Waals surface area (Å²) < 4.78 is 0. The van der Waals surface area contributed by atoms with E-state index >= 15 is 0 Å². The standard InChI is InChI=1S/C16H17ClN2OS/c1-10-6-7-13(18)9-15(10)19-16(20)11(2)21-14-5-3-4-12(17)8-14/h3-9,11H,18H2,1-2H3,(H,19,20). The smallest absolute Gasteiger partial charge is 0.237 e. The van der Waals surface area contributed by atoms with Gasteiger partial charge in [0.2, 0.25) is 5.91 Å². The highest BCUT2D eigenvalue weighted by Gasteiger charge is 2.15. The Morgan fingerprint density at radius 3 is 2.76 bits per heavy atom. The highest BCUT2D eigenvalue weighted by Crippen LogP contribution is 2.27. The first-order valence-corrected chi connectivity index (χ1v) is 7.80. The third-order valence-corrected chi connectivity index (χ3v) is 4.33. The van der Waals surface area contributed by atoms with Gasteiger partial charge in [-0.05, 0) is 49.7 Å². The van der Waals surface area contributed by atoms with E-state index < -0.39 is 0 Å². The van der Waals surface area contributed by atoms with Crippen molar-refractivity contribution in [3.05, 3.63) is 53.1 Å². The molecule has 21 heavy (non-hydrogen) atoms. The zero-order valence-corrected chi connectivity index (χ0v) is 13.5. The van der Waals surface area contributed by atoms with Gasteiger partial charge in [0.15, 0.2) is 0 Å². The number of hydrogen-bond donors (Lipinski definition) is 2. The Labute approximate surface area is 133 Å². The maximum Gasteiger partial charge on any atom is 0.237 e. The molecule has 3 nitrogen and oxygen atoms in total. The molecule has 2 aromatic rings. The monoisotopic (exact) mass is 320 g/mol. The van der Waals surface area contributed by atoms with Crippen LogP contribution < -0.4 is 11.1 Å². The minimum absolute atomic E-state index is 0.0614. The van der Waals surface area contributed by atoms with Gasteiger partial charge in [-0.25, -0.2) is 0 Å². The summed E-state index contributed by atoms with van der Waals surface area (Å²) in [6.07, 6.45) is 0. The first kappa shape index (κ1) is 15.7. The quantitative estimate of drug-likeness (QED) is 0.650. The maximum atomic E-state index is 12.3. The van der Waals surface area contributed by atoms with Crippen molar-refractivity contribution < 1.29 is 4.79 Å². The fourth-order valence-electron chi connectivity index (χ4n) is 1.81. The van der Waals surface area contributed by atoms with Crippen LogP contribution in [0.3, 0.4) is 0 Å². The molecule has 2 rings (SSSR count). The molecule has 0 aromatic heterocycles. The van der Waals surface area contributed by atoms with E-state index in [1.807, 2.05) is 50.2 Å². The maximum absolute atomic E-state index is 12.3. The second kappa shape index (κ2) is 6.87. The fourth-order valence-corrected chi connectivity index (χ4v) is 2.99. The third-order valence-electron chi connectivity index (χ3n) is 3.00. The normalized spacial score (nSPS) is 12.0. The lowest BCUT2D eigenvalue weighted by molar-refractivity contribution is -0.115. The molecule has 0 spiro atoms. The SMILES string of the molecule is Cc1ccc(N)cc1NC(=O)C(C)Sc1cccc(Cl)c1. The predicted molar refractivity (Wildman–Crippen MR) is 91.0 cm³/mol. The lowest BCUT2D eigenvalue weighted by Crippen LogP contribution is -2.22. The molecule has 0 saturated heterocycles. The number of hydrogen-bond acceptors (Lipinski definition) is 3. The van der Waals surface area contributed by atoms with Gasteiger partial charge in [0, 0.05) is 21.3 Å². The first-order chi connectivity index (χ1) is 9.95. The van der Waals surface area contributed by atoms with E-state index in [0.717, 1.165) is 16.1 Å². The van der Waals surface area contributed by atoms with Gasteiger partial charge in [0.25, 0.3) is 0 Å². The lowest BCUT2D eigenvalue weighted by atomic mass is 10.2. The number of carbonyl (C=O) groups is 1. The molecule has 0 heterocycles. The summed E-state index contributed by atoms with van der Waals surface area (Å²) in [5, 5.41) is 3.35. The van der Waals surface area contributed by atoms with Crippen molar-refractivity contribution in [3.63, 3.8) is 0 Å². The van der Waals surface area contributed by atoms with Crippen LogP contribution in [0.15, 0.2) is 47.4 Å². The molecule has 0 saturated carbocycles. The number of nitrogens with one attached hydrogen (secondary N) is 1. The van der Waals surface area contributed by atoms with Crippen molar-refractivity contribution in [2.45, 2.75) is 24.0 Å². The van der Waals surface area contributed by atoms with Crippen LogP contribution in [0, 0.1) is 6.92 Å². The van der Waals surface area contributed by atoms with Crippen LogP contribution in [-0.4, -0.2) is 11.2 Å². The Hall–Kier alpha value is -1.65. The fraction of sp³-hybridized carbons (Fsp3) is 0.188. The largest absolute Gasteiger partial charge is 0.399 e. The Balaban J connectivity index is 2.04. The molecular formula is C16H17ClN2OS. The van der Waals surface area contributed by atoms with Crippen LogP contribution in [0.2, 0.25) is 5.02 Å². The Morgan fingerprint density at radius 2 is 2.05 bits per heavy atom. The van der Waals surface area contributed by atoms with Gasteiger partial charge in [-0.3, -0.25) is 4.79 Å². The number of nitrogens with two attached hydrogens (primary N) is 1. The van der Waals surface area contributed by atoms with Gasteiger partial charge in [0.05, 0.1) is 5.25 Å². The average Bonchev–Trinajstić information content (AvgIpc) is 2.43. The topological polar surface area (TPSA) is 55.1 Å². The molecule has 3 N–H and O–H groups in total. The van der Waals surface area contributed by atoms with Gasteiger partial charge in [-0.1, -0.05) is 23.7 Å². The van der Waals surface area contributed by atoms with Crippen molar-refractivity contribution >= 4 is 40.6 Å². The number of rotatable bonds is 4. The molecule has 0 aliphatic rings. The van der Waals surface area contributed by atoms with Crippen molar-refractivity contribution in [3.8, 4) is 0 Å². The Kier molecular flexibility index (Phi) is 5.15. The van der Waals surface area contributed by atoms with Crippen molar-refractivity contribution in [2.24, 2.45) is 0 Å². The number of anilines is 2. The van der Waals surface area contributed by atoms with Crippen LogP contribution >= 0.6 is 23.4 Å². The highest BCUT2D eigenvalue weighted by molar-refractivity contribution is 8.00. The van der Waals surface area contributed by atoms with Crippen LogP contribution in [0.4, 0.5) is 11.4 Å². The second-order valence-corrected chi connectivity index (χ2v) is 6.63. The molecule has 1 unspecified atom stereocenters. The van der Waals surface area contributed by atoms with E-state index in [1.165, 1.54) is 11.8 Å². The molecule has 0 fully saturated rings. The molecule has 1 amide bonds. The molecule has 0 radical (unpaired) electrons. The molecule has 1 atom stereocenters. The molecule has 0 aliphatic carbocycles. The van der Waals surface area contributed by atoms with E-state index in [9.17, 15) is 4.79 Å². The number of thioether (sulfide) groups is 1. The minimum atomic E-state index is -0.232. The zero-order chi connectivity index (χ0) is 15.4. The molecule has 0 aliphatic heterocycles. The molecule has 0 bridgehead atoms. The molecule has 2 aromatic carbocycles. The number of halogens is 1. The van der Waals surface area contributed by atoms with E-state index in [4.69, 9.17) is 17.3 Å². The number of aryl methyl sites for hydroxylation is 1. The average molecular weight is 321 g/mol. The summed E-state index contributed by atoms with van der Waals surface area (Å²) in [6.45, 7) is 3.80. The van der Waals surface area contributed by atoms with Crippen LogP contribution in [0.25, 0.3) is 0 Å². The lowest BCUT2D eigenvalue weighted by Gasteiger charge is -2.14. The zero-order valence-electron chi connectivity index (χ0n) is 11.9. The van der Waals surface area contributed by atoms with E-state index in [2.05, 4.69) is 5.32 Å². The van der Waals surface area contributed by atoms with E-state index in [0.29, 0.717) is 10.7 Å². The number of carbonyl (C=O) groups excluding carboxylic acids is 1. The Bertz CT molecular complexity index is 660. The summed E-state index contributed by atoms with van der Waals surface area (Å²) in [4.78, 5) is 13.2. The van der Waals surface area contributed by atoms with Crippen LogP contribution in [-0.2, 0) is 4.79 Å². The Morgan fingerprint density at radius 1 is 1.29 bits per heavy atom. The van der Waals surface area contributed by atoms with Gasteiger partial charge in [-0.2, -0.15) is 0 Å². The van der Waals surface area contributed by atoms with E-state index in [-0.39, 0.29) is 11.2 Å². The first-order valence-electron chi connectivity index (χ1n) is 6.55. The van der Waals surface area contributed by atoms with Gasteiger partial charge in [-0.15, -0.1) is 11.8 Å². The van der Waals surface area contributed by atoms with E-state index in [1.54, 1.807) is 6.07 Å². The second-order valence-electron chi connectivity index (χ2n) is 4.78.